The Morgan fingerprint density at radius 2 is 1.78 bits per heavy atom. The molecule has 0 aliphatic carbocycles. The number of carbonyl (C=O) groups is 1. The summed E-state index contributed by atoms with van der Waals surface area (Å²) in [5.74, 6) is -0.222. The number of carbonyl (C=O) groups excluding carboxylic acids is 1. The zero-order valence-corrected chi connectivity index (χ0v) is 15.5. The molecule has 0 aromatic heterocycles. The van der Waals surface area contributed by atoms with Gasteiger partial charge in [-0.25, -0.2) is 8.42 Å². The fourth-order valence-corrected chi connectivity index (χ4v) is 3.10. The van der Waals surface area contributed by atoms with Crippen LogP contribution < -0.4 is 11.1 Å². The molecule has 0 heterocycles. The highest BCUT2D eigenvalue weighted by atomic mass is 35.5. The smallest absolute Gasteiger partial charge is 0.251 e. The van der Waals surface area contributed by atoms with Crippen LogP contribution in [-0.2, 0) is 9.84 Å². The van der Waals surface area contributed by atoms with E-state index in [4.69, 9.17) is 5.73 Å². The maximum atomic E-state index is 12.2. The van der Waals surface area contributed by atoms with Crippen molar-refractivity contribution in [3.05, 3.63) is 29.8 Å². The molecule has 0 saturated heterocycles. The minimum atomic E-state index is -3.31. The van der Waals surface area contributed by atoms with Gasteiger partial charge in [0.05, 0.1) is 10.1 Å². The summed E-state index contributed by atoms with van der Waals surface area (Å²) < 4.78 is 24.1. The first-order valence-corrected chi connectivity index (χ1v) is 9.22. The standard InChI is InChI=1S/C16H26N2O3S.ClH/c1-4-5-6-14(11-17)18-16(19)13-7-9-15(10-8-13)22(20,21)12(2)3;/h7-10,12,14H,4-6,11,17H2,1-3H3,(H,18,19);1H. The number of hydrogen-bond acceptors (Lipinski definition) is 4. The van der Waals surface area contributed by atoms with Crippen LogP contribution in [0.4, 0.5) is 0 Å². The molecule has 1 unspecified atom stereocenters. The molecule has 3 N–H and O–H groups in total. The molecule has 1 aromatic rings. The first kappa shape index (κ1) is 21.9. The van der Waals surface area contributed by atoms with E-state index in [2.05, 4.69) is 12.2 Å². The Hall–Kier alpha value is -1.11. The predicted octanol–water partition coefficient (Wildman–Crippen LogP) is 2.54. The summed E-state index contributed by atoms with van der Waals surface area (Å²) in [6.45, 7) is 5.75. The molecular formula is C16H27ClN2O3S. The topological polar surface area (TPSA) is 89.3 Å². The fourth-order valence-electron chi connectivity index (χ4n) is 2.04. The molecule has 0 spiro atoms. The molecule has 0 fully saturated rings. The van der Waals surface area contributed by atoms with Crippen molar-refractivity contribution in [3.63, 3.8) is 0 Å². The number of nitrogens with one attached hydrogen (secondary N) is 1. The Balaban J connectivity index is 0.00000484. The Morgan fingerprint density at radius 3 is 2.22 bits per heavy atom. The first-order chi connectivity index (χ1) is 10.3. The van der Waals surface area contributed by atoms with Crippen LogP contribution in [0.5, 0.6) is 0 Å². The summed E-state index contributed by atoms with van der Waals surface area (Å²) in [5.41, 5.74) is 6.10. The lowest BCUT2D eigenvalue weighted by molar-refractivity contribution is 0.0935. The summed E-state index contributed by atoms with van der Waals surface area (Å²) in [6.07, 6.45) is 2.90. The number of sulfone groups is 1. The number of amides is 1. The molecule has 0 saturated carbocycles. The molecular weight excluding hydrogens is 336 g/mol. The molecule has 7 heteroatoms. The quantitative estimate of drug-likeness (QED) is 0.743. The van der Waals surface area contributed by atoms with E-state index in [0.717, 1.165) is 19.3 Å². The summed E-state index contributed by atoms with van der Waals surface area (Å²) in [6, 6.07) is 5.99. The number of hydrogen-bond donors (Lipinski definition) is 2. The Labute approximate surface area is 145 Å². The van der Waals surface area contributed by atoms with Crippen molar-refractivity contribution in [3.8, 4) is 0 Å². The molecule has 0 aliphatic rings. The van der Waals surface area contributed by atoms with E-state index in [1.165, 1.54) is 24.3 Å². The molecule has 132 valence electrons. The molecule has 1 rings (SSSR count). The highest BCUT2D eigenvalue weighted by Crippen LogP contribution is 2.16. The van der Waals surface area contributed by atoms with Crippen LogP contribution in [0.1, 0.15) is 50.4 Å². The van der Waals surface area contributed by atoms with Crippen LogP contribution >= 0.6 is 12.4 Å². The molecule has 1 aromatic carbocycles. The van der Waals surface area contributed by atoms with Gasteiger partial charge in [0.2, 0.25) is 0 Å². The Morgan fingerprint density at radius 1 is 1.22 bits per heavy atom. The lowest BCUT2D eigenvalue weighted by Gasteiger charge is -2.16. The van der Waals surface area contributed by atoms with Gasteiger partial charge in [0.15, 0.2) is 9.84 Å². The van der Waals surface area contributed by atoms with Gasteiger partial charge in [-0.15, -0.1) is 12.4 Å². The third kappa shape index (κ3) is 6.12. The number of unbranched alkanes of at least 4 members (excludes halogenated alkanes) is 1. The molecule has 23 heavy (non-hydrogen) atoms. The zero-order chi connectivity index (χ0) is 16.8. The summed E-state index contributed by atoms with van der Waals surface area (Å²) in [4.78, 5) is 12.4. The average molecular weight is 363 g/mol. The van der Waals surface area contributed by atoms with E-state index in [1.54, 1.807) is 13.8 Å². The van der Waals surface area contributed by atoms with Gasteiger partial charge in [-0.3, -0.25) is 4.79 Å². The molecule has 0 radical (unpaired) electrons. The first-order valence-electron chi connectivity index (χ1n) is 7.67. The van der Waals surface area contributed by atoms with Gasteiger partial charge < -0.3 is 11.1 Å². The van der Waals surface area contributed by atoms with Crippen molar-refractivity contribution in [2.45, 2.75) is 56.2 Å². The highest BCUT2D eigenvalue weighted by molar-refractivity contribution is 7.92. The second-order valence-corrected chi connectivity index (χ2v) is 8.17. The van der Waals surface area contributed by atoms with Crippen LogP contribution in [0.15, 0.2) is 29.2 Å². The SMILES string of the molecule is CCCCC(CN)NC(=O)c1ccc(S(=O)(=O)C(C)C)cc1.Cl. The number of rotatable bonds is 8. The van der Waals surface area contributed by atoms with Crippen LogP contribution in [0.3, 0.4) is 0 Å². The lowest BCUT2D eigenvalue weighted by atomic mass is 10.1. The van der Waals surface area contributed by atoms with Gasteiger partial charge in [-0.05, 0) is 44.5 Å². The van der Waals surface area contributed by atoms with Crippen LogP contribution in [0, 0.1) is 0 Å². The van der Waals surface area contributed by atoms with Crippen molar-refractivity contribution in [1.82, 2.24) is 5.32 Å². The second-order valence-electron chi connectivity index (χ2n) is 5.67. The van der Waals surface area contributed by atoms with Crippen molar-refractivity contribution < 1.29 is 13.2 Å². The van der Waals surface area contributed by atoms with Gasteiger partial charge in [-0.2, -0.15) is 0 Å². The normalized spacial score (nSPS) is 12.6. The summed E-state index contributed by atoms with van der Waals surface area (Å²) >= 11 is 0. The largest absolute Gasteiger partial charge is 0.348 e. The van der Waals surface area contributed by atoms with E-state index < -0.39 is 15.1 Å². The minimum Gasteiger partial charge on any atom is -0.348 e. The van der Waals surface area contributed by atoms with Crippen LogP contribution in [-0.4, -0.2) is 32.2 Å². The van der Waals surface area contributed by atoms with E-state index in [9.17, 15) is 13.2 Å². The fraction of sp³-hybridized carbons (Fsp3) is 0.562. The molecule has 0 bridgehead atoms. The van der Waals surface area contributed by atoms with Gasteiger partial charge in [0.25, 0.3) is 5.91 Å². The third-order valence-electron chi connectivity index (χ3n) is 3.59. The van der Waals surface area contributed by atoms with Gasteiger partial charge >= 0.3 is 0 Å². The highest BCUT2D eigenvalue weighted by Gasteiger charge is 2.19. The zero-order valence-electron chi connectivity index (χ0n) is 13.9. The summed E-state index contributed by atoms with van der Waals surface area (Å²) in [7, 11) is -3.31. The maximum Gasteiger partial charge on any atom is 0.251 e. The van der Waals surface area contributed by atoms with Crippen molar-refractivity contribution in [1.29, 1.82) is 0 Å². The number of nitrogens with two attached hydrogens (primary N) is 1. The van der Waals surface area contributed by atoms with Crippen molar-refractivity contribution in [2.75, 3.05) is 6.54 Å². The van der Waals surface area contributed by atoms with Crippen molar-refractivity contribution in [2.24, 2.45) is 5.73 Å². The van der Waals surface area contributed by atoms with E-state index in [0.29, 0.717) is 12.1 Å². The Kier molecular flexibility index (Phi) is 9.42. The monoisotopic (exact) mass is 362 g/mol. The predicted molar refractivity (Wildman–Crippen MR) is 95.8 cm³/mol. The number of halogens is 1. The van der Waals surface area contributed by atoms with Crippen LogP contribution in [0.25, 0.3) is 0 Å². The van der Waals surface area contributed by atoms with Gasteiger partial charge in [0.1, 0.15) is 0 Å². The van der Waals surface area contributed by atoms with E-state index in [-0.39, 0.29) is 29.3 Å². The van der Waals surface area contributed by atoms with Crippen LogP contribution in [0.2, 0.25) is 0 Å². The third-order valence-corrected chi connectivity index (χ3v) is 5.76. The van der Waals surface area contributed by atoms with Gasteiger partial charge in [-0.1, -0.05) is 19.8 Å². The van der Waals surface area contributed by atoms with E-state index in [1.807, 2.05) is 0 Å². The maximum absolute atomic E-state index is 12.2. The number of benzene rings is 1. The minimum absolute atomic E-state index is 0. The van der Waals surface area contributed by atoms with Crippen molar-refractivity contribution >= 4 is 28.2 Å². The molecule has 0 aliphatic heterocycles. The molecule has 1 amide bonds. The van der Waals surface area contributed by atoms with E-state index >= 15 is 0 Å². The van der Waals surface area contributed by atoms with Gasteiger partial charge in [0, 0.05) is 18.2 Å². The second kappa shape index (κ2) is 9.90. The average Bonchev–Trinajstić information content (AvgIpc) is 2.51. The molecule has 5 nitrogen and oxygen atoms in total. The summed E-state index contributed by atoms with van der Waals surface area (Å²) in [5, 5.41) is 2.40. The Bertz CT molecular complexity index is 586. The lowest BCUT2D eigenvalue weighted by Crippen LogP contribution is -2.40. The molecule has 1 atom stereocenters.